The molecule has 0 saturated carbocycles. The molecule has 4 rings (SSSR count). The van der Waals surface area contributed by atoms with Gasteiger partial charge in [-0.15, -0.1) is 0 Å². The zero-order valence-electron chi connectivity index (χ0n) is 17.6. The summed E-state index contributed by atoms with van der Waals surface area (Å²) in [4.78, 5) is 13.3. The first-order valence-corrected chi connectivity index (χ1v) is 11.5. The number of fused-ring (bicyclic) bond motifs is 1. The van der Waals surface area contributed by atoms with Crippen LogP contribution in [0.4, 0.5) is 11.6 Å². The van der Waals surface area contributed by atoms with E-state index in [1.165, 1.54) is 12.1 Å². The number of sulfonamides is 1. The lowest BCUT2D eigenvalue weighted by molar-refractivity contribution is 0.133. The zero-order valence-corrected chi connectivity index (χ0v) is 18.5. The molecule has 1 aromatic carbocycles. The van der Waals surface area contributed by atoms with Crippen LogP contribution in [-0.4, -0.2) is 52.2 Å². The minimum absolute atomic E-state index is 0.165. The summed E-state index contributed by atoms with van der Waals surface area (Å²) >= 11 is 0. The summed E-state index contributed by atoms with van der Waals surface area (Å²) in [6.07, 6.45) is 5.02. The highest BCUT2D eigenvalue weighted by molar-refractivity contribution is 7.89. The summed E-state index contributed by atoms with van der Waals surface area (Å²) < 4.78 is 34.6. The highest BCUT2D eigenvalue weighted by Crippen LogP contribution is 2.21. The van der Waals surface area contributed by atoms with Crippen molar-refractivity contribution < 1.29 is 13.2 Å². The molecule has 0 aliphatic heterocycles. The van der Waals surface area contributed by atoms with Crippen LogP contribution in [0, 0.1) is 0 Å². The van der Waals surface area contributed by atoms with Gasteiger partial charge < -0.3 is 10.1 Å². The third-order valence-electron chi connectivity index (χ3n) is 4.54. The first kappa shape index (κ1) is 21.8. The Balaban J connectivity index is 1.49. The number of nitrogens with zero attached hydrogens (tertiary/aromatic N) is 5. The van der Waals surface area contributed by atoms with Gasteiger partial charge in [0.2, 0.25) is 16.0 Å². The van der Waals surface area contributed by atoms with Crippen molar-refractivity contribution in [2.45, 2.75) is 24.8 Å². The van der Waals surface area contributed by atoms with E-state index in [4.69, 9.17) is 4.74 Å². The van der Waals surface area contributed by atoms with Gasteiger partial charge in [-0.1, -0.05) is 0 Å². The minimum atomic E-state index is -3.64. The van der Waals surface area contributed by atoms with Crippen molar-refractivity contribution in [2.24, 2.45) is 0 Å². The lowest BCUT2D eigenvalue weighted by Gasteiger charge is -2.14. The number of ether oxygens (including phenoxy) is 1. The van der Waals surface area contributed by atoms with Crippen LogP contribution < -0.4 is 10.0 Å². The van der Waals surface area contributed by atoms with Gasteiger partial charge in [0.25, 0.3) is 0 Å². The van der Waals surface area contributed by atoms with Crippen LogP contribution in [0.25, 0.3) is 17.0 Å². The summed E-state index contributed by atoms with van der Waals surface area (Å²) in [5.74, 6) is 0.368. The van der Waals surface area contributed by atoms with Crippen LogP contribution in [-0.2, 0) is 14.8 Å². The number of aromatic nitrogens is 5. The quantitative estimate of drug-likeness (QED) is 0.396. The minimum Gasteiger partial charge on any atom is -0.380 e. The SMILES string of the molecule is CCOCC(C)NS(=O)(=O)c1ccc(Nc2nccc(-c3cnc4cccnn34)n2)cc1. The molecule has 4 aromatic rings. The molecule has 10 nitrogen and oxygen atoms in total. The average molecular weight is 454 g/mol. The number of hydrogen-bond donors (Lipinski definition) is 2. The first-order chi connectivity index (χ1) is 15.5. The van der Waals surface area contributed by atoms with Crippen molar-refractivity contribution in [1.29, 1.82) is 0 Å². The van der Waals surface area contributed by atoms with Gasteiger partial charge in [0.1, 0.15) is 5.69 Å². The number of benzene rings is 1. The van der Waals surface area contributed by atoms with Crippen LogP contribution in [0.1, 0.15) is 13.8 Å². The van der Waals surface area contributed by atoms with E-state index in [9.17, 15) is 8.42 Å². The number of nitrogens with one attached hydrogen (secondary N) is 2. The Bertz CT molecular complexity index is 1310. The Morgan fingerprint density at radius 2 is 1.91 bits per heavy atom. The predicted octanol–water partition coefficient (Wildman–Crippen LogP) is 2.63. The molecule has 0 aliphatic rings. The van der Waals surface area contributed by atoms with Gasteiger partial charge in [-0.3, -0.25) is 0 Å². The zero-order chi connectivity index (χ0) is 22.6. The first-order valence-electron chi connectivity index (χ1n) is 10.1. The second-order valence-corrected chi connectivity index (χ2v) is 8.75. The smallest absolute Gasteiger partial charge is 0.240 e. The molecule has 0 radical (unpaired) electrons. The van der Waals surface area contributed by atoms with E-state index in [1.54, 1.807) is 48.2 Å². The molecule has 1 unspecified atom stereocenters. The summed E-state index contributed by atoms with van der Waals surface area (Å²) in [6, 6.07) is 11.5. The number of rotatable bonds is 9. The fraction of sp³-hybridized carbons (Fsp3) is 0.238. The topological polar surface area (TPSA) is 123 Å². The van der Waals surface area contributed by atoms with Crippen LogP contribution in [0.15, 0.2) is 66.0 Å². The molecule has 0 fully saturated rings. The predicted molar refractivity (Wildman–Crippen MR) is 120 cm³/mol. The van der Waals surface area contributed by atoms with E-state index in [1.807, 2.05) is 19.1 Å². The van der Waals surface area contributed by atoms with Gasteiger partial charge in [0.15, 0.2) is 5.65 Å². The Hall–Kier alpha value is -3.41. The molecule has 0 aliphatic carbocycles. The summed E-state index contributed by atoms with van der Waals surface area (Å²) in [7, 11) is -3.64. The molecule has 0 saturated heterocycles. The van der Waals surface area contributed by atoms with Crippen molar-refractivity contribution in [3.63, 3.8) is 0 Å². The van der Waals surface area contributed by atoms with Gasteiger partial charge in [0, 0.05) is 30.7 Å². The second kappa shape index (κ2) is 9.39. The molecule has 0 bridgehead atoms. The van der Waals surface area contributed by atoms with E-state index in [0.717, 1.165) is 11.3 Å². The van der Waals surface area contributed by atoms with Gasteiger partial charge in [-0.25, -0.2) is 32.6 Å². The Kier molecular flexibility index (Phi) is 6.40. The fourth-order valence-corrected chi connectivity index (χ4v) is 4.30. The summed E-state index contributed by atoms with van der Waals surface area (Å²) in [5, 5.41) is 7.40. The summed E-state index contributed by atoms with van der Waals surface area (Å²) in [6.45, 7) is 4.46. The van der Waals surface area contributed by atoms with Gasteiger partial charge in [0.05, 0.1) is 23.4 Å². The largest absolute Gasteiger partial charge is 0.380 e. The van der Waals surface area contributed by atoms with Gasteiger partial charge in [-0.05, 0) is 56.3 Å². The molecule has 0 spiro atoms. The van der Waals surface area contributed by atoms with Crippen LogP contribution in [0.5, 0.6) is 0 Å². The molecule has 2 N–H and O–H groups in total. The average Bonchev–Trinajstić information content (AvgIpc) is 3.22. The fourth-order valence-electron chi connectivity index (χ4n) is 3.07. The Morgan fingerprint density at radius 3 is 2.69 bits per heavy atom. The molecule has 166 valence electrons. The van der Waals surface area contributed by atoms with Crippen molar-refractivity contribution in [2.75, 3.05) is 18.5 Å². The molecule has 11 heteroatoms. The maximum Gasteiger partial charge on any atom is 0.240 e. The van der Waals surface area contributed by atoms with E-state index < -0.39 is 10.0 Å². The normalized spacial score (nSPS) is 12.7. The van der Waals surface area contributed by atoms with Crippen molar-refractivity contribution in [1.82, 2.24) is 29.3 Å². The highest BCUT2D eigenvalue weighted by atomic mass is 32.2. The molecule has 3 heterocycles. The maximum atomic E-state index is 12.5. The summed E-state index contributed by atoms with van der Waals surface area (Å²) in [5.41, 5.74) is 2.76. The number of hydrogen-bond acceptors (Lipinski definition) is 8. The van der Waals surface area contributed by atoms with E-state index in [-0.39, 0.29) is 10.9 Å². The standard InChI is InChI=1S/C21H23N7O3S/c1-3-31-14-15(2)27-32(29,30)17-8-6-16(7-9-17)25-21-22-12-10-18(26-21)19-13-23-20-5-4-11-24-28(19)20/h4-13,15,27H,3,14H2,1-2H3,(H,22,25,26). The van der Waals surface area contributed by atoms with Gasteiger partial charge in [-0.2, -0.15) is 5.10 Å². The maximum absolute atomic E-state index is 12.5. The molecule has 0 amide bonds. The van der Waals surface area contributed by atoms with Crippen LogP contribution >= 0.6 is 0 Å². The Morgan fingerprint density at radius 1 is 1.09 bits per heavy atom. The lowest BCUT2D eigenvalue weighted by atomic mass is 10.3. The molecular formula is C21H23N7O3S. The van der Waals surface area contributed by atoms with Crippen molar-refractivity contribution in [3.05, 3.63) is 61.1 Å². The third kappa shape index (κ3) is 4.90. The van der Waals surface area contributed by atoms with Crippen LogP contribution in [0.3, 0.4) is 0 Å². The van der Waals surface area contributed by atoms with E-state index in [2.05, 4.69) is 30.1 Å². The molecule has 1 atom stereocenters. The van der Waals surface area contributed by atoms with E-state index >= 15 is 0 Å². The Labute approximate surface area is 185 Å². The van der Waals surface area contributed by atoms with E-state index in [0.29, 0.717) is 30.5 Å². The molecular weight excluding hydrogens is 430 g/mol. The molecule has 3 aromatic heterocycles. The van der Waals surface area contributed by atoms with Gasteiger partial charge >= 0.3 is 0 Å². The molecule has 32 heavy (non-hydrogen) atoms. The van der Waals surface area contributed by atoms with Crippen molar-refractivity contribution in [3.8, 4) is 11.4 Å². The highest BCUT2D eigenvalue weighted by Gasteiger charge is 2.17. The second-order valence-electron chi connectivity index (χ2n) is 7.03. The van der Waals surface area contributed by atoms with Crippen molar-refractivity contribution >= 4 is 27.3 Å². The number of imidazole rings is 1. The number of anilines is 2. The van der Waals surface area contributed by atoms with Crippen LogP contribution in [0.2, 0.25) is 0 Å². The third-order valence-corrected chi connectivity index (χ3v) is 6.15. The monoisotopic (exact) mass is 453 g/mol. The lowest BCUT2D eigenvalue weighted by Crippen LogP contribution is -2.35.